The minimum Gasteiger partial charge on any atom is -0.326 e. The summed E-state index contributed by atoms with van der Waals surface area (Å²) in [7, 11) is 0. The van der Waals surface area contributed by atoms with Gasteiger partial charge in [-0.3, -0.25) is 4.79 Å². The predicted molar refractivity (Wildman–Crippen MR) is 88.5 cm³/mol. The second-order valence-electron chi connectivity index (χ2n) is 5.67. The lowest BCUT2D eigenvalue weighted by Gasteiger charge is -2.29. The first-order valence-electron chi connectivity index (χ1n) is 7.66. The molecule has 0 radical (unpaired) electrons. The lowest BCUT2D eigenvalue weighted by Crippen LogP contribution is -2.46. The van der Waals surface area contributed by atoms with Crippen molar-refractivity contribution in [2.45, 2.75) is 13.0 Å². The van der Waals surface area contributed by atoms with E-state index in [1.54, 1.807) is 0 Å². The summed E-state index contributed by atoms with van der Waals surface area (Å²) in [5, 5.41) is 7.29. The summed E-state index contributed by atoms with van der Waals surface area (Å²) in [6, 6.07) is 6.27. The van der Waals surface area contributed by atoms with Crippen LogP contribution in [-0.2, 0) is 4.79 Å². The van der Waals surface area contributed by atoms with Crippen molar-refractivity contribution < 1.29 is 22.8 Å². The predicted octanol–water partition coefficient (Wildman–Crippen LogP) is 3.37. The van der Waals surface area contributed by atoms with Gasteiger partial charge in [0.15, 0.2) is 0 Å². The van der Waals surface area contributed by atoms with Gasteiger partial charge in [0, 0.05) is 11.4 Å². The summed E-state index contributed by atoms with van der Waals surface area (Å²) >= 11 is 0. The van der Waals surface area contributed by atoms with Gasteiger partial charge in [0.05, 0.1) is 17.2 Å². The molecule has 3 N–H and O–H groups in total. The van der Waals surface area contributed by atoms with Crippen LogP contribution in [0.1, 0.15) is 18.5 Å². The van der Waals surface area contributed by atoms with Gasteiger partial charge < -0.3 is 16.0 Å². The number of hydrogen-bond donors (Lipinski definition) is 3. The molecule has 0 unspecified atom stereocenters. The normalized spacial score (nSPS) is 16.8. The number of hydrogen-bond acceptors (Lipinski definition) is 2. The van der Waals surface area contributed by atoms with Crippen LogP contribution in [0.3, 0.4) is 0 Å². The molecular weight excluding hydrogens is 347 g/mol. The molecule has 8 heteroatoms. The van der Waals surface area contributed by atoms with E-state index < -0.39 is 41.0 Å². The van der Waals surface area contributed by atoms with Crippen molar-refractivity contribution in [1.29, 1.82) is 0 Å². The van der Waals surface area contributed by atoms with E-state index in [1.807, 2.05) is 0 Å². The van der Waals surface area contributed by atoms with Crippen LogP contribution in [-0.4, -0.2) is 11.9 Å². The molecule has 0 aromatic heterocycles. The molecule has 5 nitrogen and oxygen atoms in total. The Morgan fingerprint density at radius 3 is 2.27 bits per heavy atom. The highest BCUT2D eigenvalue weighted by atomic mass is 19.1. The fraction of sp³-hybridized carbons (Fsp3) is 0.111. The van der Waals surface area contributed by atoms with Gasteiger partial charge in [-0.05, 0) is 43.3 Å². The van der Waals surface area contributed by atoms with Crippen molar-refractivity contribution in [3.05, 3.63) is 76.7 Å². The first-order chi connectivity index (χ1) is 12.4. The van der Waals surface area contributed by atoms with Crippen LogP contribution in [0.25, 0.3) is 0 Å². The van der Waals surface area contributed by atoms with Gasteiger partial charge in [0.1, 0.15) is 17.5 Å². The number of allylic oxidation sites excluding steroid dienone is 1. The van der Waals surface area contributed by atoms with Crippen molar-refractivity contribution in [1.82, 2.24) is 10.6 Å². The van der Waals surface area contributed by atoms with Gasteiger partial charge in [-0.1, -0.05) is 6.07 Å². The average Bonchev–Trinajstić information content (AvgIpc) is 2.56. The second-order valence-corrected chi connectivity index (χ2v) is 5.67. The molecule has 0 spiro atoms. The molecule has 1 aliphatic rings. The maximum absolute atomic E-state index is 14.2. The Kier molecular flexibility index (Phi) is 4.66. The Labute approximate surface area is 146 Å². The molecule has 0 saturated heterocycles. The molecule has 2 aromatic rings. The zero-order valence-corrected chi connectivity index (χ0v) is 13.6. The topological polar surface area (TPSA) is 70.2 Å². The first-order valence-corrected chi connectivity index (χ1v) is 7.66. The highest BCUT2D eigenvalue weighted by molar-refractivity contribution is 6.06. The van der Waals surface area contributed by atoms with E-state index in [0.717, 1.165) is 24.3 Å². The summed E-state index contributed by atoms with van der Waals surface area (Å²) in [5.74, 6) is -2.94. The van der Waals surface area contributed by atoms with E-state index >= 15 is 0 Å². The summed E-state index contributed by atoms with van der Waals surface area (Å²) in [6.07, 6.45) is 0. The van der Waals surface area contributed by atoms with Gasteiger partial charge >= 0.3 is 6.03 Å². The third-order valence-electron chi connectivity index (χ3n) is 3.90. The van der Waals surface area contributed by atoms with Crippen molar-refractivity contribution in [2.75, 3.05) is 5.32 Å². The summed E-state index contributed by atoms with van der Waals surface area (Å²) in [5.41, 5.74) is -0.0498. The van der Waals surface area contributed by atoms with Crippen molar-refractivity contribution in [3.8, 4) is 0 Å². The Bertz CT molecular complexity index is 890. The van der Waals surface area contributed by atoms with E-state index in [9.17, 15) is 22.8 Å². The van der Waals surface area contributed by atoms with Crippen molar-refractivity contribution in [3.63, 3.8) is 0 Å². The fourth-order valence-corrected chi connectivity index (χ4v) is 2.73. The lowest BCUT2D eigenvalue weighted by atomic mass is 9.94. The molecule has 26 heavy (non-hydrogen) atoms. The number of carbonyl (C=O) groups is 2. The highest BCUT2D eigenvalue weighted by Crippen LogP contribution is 2.31. The van der Waals surface area contributed by atoms with Crippen molar-refractivity contribution in [2.24, 2.45) is 0 Å². The Hall–Kier alpha value is -3.29. The second kappa shape index (κ2) is 6.91. The molecule has 0 aliphatic carbocycles. The van der Waals surface area contributed by atoms with Gasteiger partial charge in [0.2, 0.25) is 0 Å². The molecule has 1 aliphatic heterocycles. The number of nitrogens with one attached hydrogen (secondary N) is 3. The largest absolute Gasteiger partial charge is 0.326 e. The Morgan fingerprint density at radius 2 is 1.65 bits per heavy atom. The third kappa shape index (κ3) is 3.39. The SMILES string of the molecule is CC1=C(C(=O)Nc2ccc(F)cc2)[C@@H](c2c(F)cccc2F)NC(=O)N1. The van der Waals surface area contributed by atoms with Crippen LogP contribution in [0.2, 0.25) is 0 Å². The maximum atomic E-state index is 14.2. The van der Waals surface area contributed by atoms with Crippen LogP contribution < -0.4 is 16.0 Å². The van der Waals surface area contributed by atoms with Gasteiger partial charge in [-0.15, -0.1) is 0 Å². The Balaban J connectivity index is 2.00. The zero-order valence-electron chi connectivity index (χ0n) is 13.6. The number of urea groups is 1. The monoisotopic (exact) mass is 361 g/mol. The Morgan fingerprint density at radius 1 is 1.04 bits per heavy atom. The molecule has 134 valence electrons. The van der Waals surface area contributed by atoms with E-state index in [4.69, 9.17) is 0 Å². The molecular formula is C18H14F3N3O2. The number of amides is 3. The smallest absolute Gasteiger partial charge is 0.319 e. The number of benzene rings is 2. The molecule has 3 amide bonds. The van der Waals surface area contributed by atoms with Crippen LogP contribution in [0, 0.1) is 17.5 Å². The minimum atomic E-state index is -1.31. The maximum Gasteiger partial charge on any atom is 0.319 e. The zero-order chi connectivity index (χ0) is 18.8. The quantitative estimate of drug-likeness (QED) is 0.785. The van der Waals surface area contributed by atoms with E-state index in [0.29, 0.717) is 5.69 Å². The van der Waals surface area contributed by atoms with Gasteiger partial charge in [-0.25, -0.2) is 18.0 Å². The fourth-order valence-electron chi connectivity index (χ4n) is 2.73. The average molecular weight is 361 g/mol. The number of anilines is 1. The molecule has 2 aromatic carbocycles. The van der Waals surface area contributed by atoms with E-state index in [2.05, 4.69) is 16.0 Å². The number of carbonyl (C=O) groups excluding carboxylic acids is 2. The first kappa shape index (κ1) is 17.5. The highest BCUT2D eigenvalue weighted by Gasteiger charge is 2.34. The van der Waals surface area contributed by atoms with Crippen LogP contribution in [0.4, 0.5) is 23.7 Å². The summed E-state index contributed by atoms with van der Waals surface area (Å²) in [6.45, 7) is 1.45. The number of halogens is 3. The van der Waals surface area contributed by atoms with Gasteiger partial charge in [-0.2, -0.15) is 0 Å². The molecule has 1 atom stereocenters. The molecule has 0 saturated carbocycles. The van der Waals surface area contributed by atoms with E-state index in [-0.39, 0.29) is 11.3 Å². The standard InChI is InChI=1S/C18H14F3N3O2/c1-9-14(17(25)23-11-7-5-10(19)6-8-11)16(24-18(26)22-9)15-12(20)3-2-4-13(15)21/h2-8,16H,1H3,(H,23,25)(H2,22,24,26)/t16-/m0/s1. The van der Waals surface area contributed by atoms with Crippen LogP contribution in [0.5, 0.6) is 0 Å². The third-order valence-corrected chi connectivity index (χ3v) is 3.90. The number of rotatable bonds is 3. The summed E-state index contributed by atoms with van der Waals surface area (Å²) in [4.78, 5) is 24.4. The van der Waals surface area contributed by atoms with Crippen LogP contribution >= 0.6 is 0 Å². The molecule has 1 heterocycles. The lowest BCUT2D eigenvalue weighted by molar-refractivity contribution is -0.113. The minimum absolute atomic E-state index is 0.0575. The van der Waals surface area contributed by atoms with Crippen LogP contribution in [0.15, 0.2) is 53.7 Å². The van der Waals surface area contributed by atoms with Gasteiger partial charge in [0.25, 0.3) is 5.91 Å². The van der Waals surface area contributed by atoms with Crippen molar-refractivity contribution >= 4 is 17.6 Å². The molecule has 3 rings (SSSR count). The summed E-state index contributed by atoms with van der Waals surface area (Å²) < 4.78 is 41.4. The molecule has 0 bridgehead atoms. The van der Waals surface area contributed by atoms with E-state index in [1.165, 1.54) is 25.1 Å². The molecule has 0 fully saturated rings.